The lowest BCUT2D eigenvalue weighted by atomic mass is 9.99. The van der Waals surface area contributed by atoms with Crippen molar-refractivity contribution in [2.45, 2.75) is 339 Å². The van der Waals surface area contributed by atoms with Crippen LogP contribution >= 0.6 is 0 Å². The largest absolute Gasteiger partial charge is 0.394 e. The van der Waals surface area contributed by atoms with E-state index in [2.05, 4.69) is 19.2 Å². The van der Waals surface area contributed by atoms with Gasteiger partial charge >= 0.3 is 0 Å². The van der Waals surface area contributed by atoms with E-state index >= 15 is 0 Å². The third kappa shape index (κ3) is 36.8. The van der Waals surface area contributed by atoms with Crippen LogP contribution in [0.1, 0.15) is 296 Å². The average molecular weight is 927 g/mol. The Labute approximate surface area is 402 Å². The minimum atomic E-state index is -1.55. The van der Waals surface area contributed by atoms with Crippen LogP contribution in [0.25, 0.3) is 0 Å². The van der Waals surface area contributed by atoms with Gasteiger partial charge in [-0.05, 0) is 12.8 Å². The minimum Gasteiger partial charge on any atom is -0.394 e. The Balaban J connectivity index is 2.02. The van der Waals surface area contributed by atoms with Crippen molar-refractivity contribution >= 4 is 5.91 Å². The number of amides is 1. The maximum absolute atomic E-state index is 13.0. The van der Waals surface area contributed by atoms with E-state index < -0.39 is 49.5 Å². The molecule has 0 spiro atoms. The first kappa shape index (κ1) is 62.2. The fourth-order valence-corrected chi connectivity index (χ4v) is 9.64. The lowest BCUT2D eigenvalue weighted by Gasteiger charge is -2.40. The Kier molecular flexibility index (Phi) is 44.9. The van der Waals surface area contributed by atoms with Crippen molar-refractivity contribution in [1.82, 2.24) is 5.32 Å². The zero-order chi connectivity index (χ0) is 47.3. The summed E-state index contributed by atoms with van der Waals surface area (Å²) in [5.41, 5.74) is 0. The molecule has 0 saturated carbocycles. The van der Waals surface area contributed by atoms with E-state index in [0.717, 1.165) is 38.5 Å². The van der Waals surface area contributed by atoms with Gasteiger partial charge in [0.2, 0.25) is 5.91 Å². The summed E-state index contributed by atoms with van der Waals surface area (Å²) in [5.74, 6) is -0.140. The molecule has 1 aliphatic rings. The second kappa shape index (κ2) is 46.9. The Bertz CT molecular complexity index is 986. The number of unbranched alkanes of at least 4 members (excludes halogenated alkanes) is 40. The second-order valence-corrected chi connectivity index (χ2v) is 20.5. The van der Waals surface area contributed by atoms with Crippen LogP contribution < -0.4 is 5.32 Å². The first-order valence-electron chi connectivity index (χ1n) is 28.7. The predicted octanol–water partition coefficient (Wildman–Crippen LogP) is 13.9. The van der Waals surface area contributed by atoms with E-state index in [1.54, 1.807) is 0 Å². The number of hydrogen-bond donors (Lipinski definition) is 6. The maximum atomic E-state index is 13.0. The molecule has 65 heavy (non-hydrogen) atoms. The van der Waals surface area contributed by atoms with Crippen LogP contribution in [0, 0.1) is 0 Å². The van der Waals surface area contributed by atoms with Gasteiger partial charge in [0.1, 0.15) is 24.4 Å². The average Bonchev–Trinajstić information content (AvgIpc) is 3.31. The molecule has 1 aliphatic heterocycles. The van der Waals surface area contributed by atoms with Crippen LogP contribution in [0.2, 0.25) is 0 Å². The molecule has 0 aliphatic carbocycles. The van der Waals surface area contributed by atoms with Gasteiger partial charge in [0.05, 0.1) is 25.4 Å². The van der Waals surface area contributed by atoms with Gasteiger partial charge in [-0.2, -0.15) is 0 Å². The number of hydrogen-bond acceptors (Lipinski definition) is 8. The Morgan fingerprint density at radius 3 is 1.09 bits per heavy atom. The zero-order valence-electron chi connectivity index (χ0n) is 43.0. The molecule has 2 unspecified atom stereocenters. The van der Waals surface area contributed by atoms with Crippen LogP contribution in [0.4, 0.5) is 0 Å². The summed E-state index contributed by atoms with van der Waals surface area (Å²) in [6, 6.07) is -0.711. The third-order valence-corrected chi connectivity index (χ3v) is 14.2. The van der Waals surface area contributed by atoms with E-state index in [9.17, 15) is 30.3 Å². The molecule has 388 valence electrons. The van der Waals surface area contributed by atoms with E-state index in [1.165, 1.54) is 231 Å². The lowest BCUT2D eigenvalue weighted by Crippen LogP contribution is -2.60. The minimum absolute atomic E-state index is 0.132. The summed E-state index contributed by atoms with van der Waals surface area (Å²) in [4.78, 5) is 13.0. The smallest absolute Gasteiger partial charge is 0.220 e. The zero-order valence-corrected chi connectivity index (χ0v) is 43.0. The maximum Gasteiger partial charge on any atom is 0.220 e. The topological polar surface area (TPSA) is 149 Å². The number of ether oxygens (including phenoxy) is 2. The van der Waals surface area contributed by atoms with Crippen molar-refractivity contribution in [2.75, 3.05) is 13.2 Å². The summed E-state index contributed by atoms with van der Waals surface area (Å²) < 4.78 is 11.3. The molecule has 6 N–H and O–H groups in total. The molecule has 0 aromatic rings. The normalized spacial score (nSPS) is 19.8. The van der Waals surface area contributed by atoms with E-state index in [4.69, 9.17) is 9.47 Å². The van der Waals surface area contributed by atoms with Gasteiger partial charge in [0.25, 0.3) is 0 Å². The third-order valence-electron chi connectivity index (χ3n) is 14.2. The summed E-state index contributed by atoms with van der Waals surface area (Å²) >= 11 is 0. The van der Waals surface area contributed by atoms with Crippen molar-refractivity contribution < 1.29 is 39.8 Å². The molecule has 1 fully saturated rings. The number of rotatable bonds is 50. The molecule has 0 bridgehead atoms. The number of carbonyl (C=O) groups excluding carboxylic acids is 1. The molecular formula is C56H111NO8. The highest BCUT2D eigenvalue weighted by atomic mass is 16.7. The fraction of sp³-hybridized carbons (Fsp3) is 0.982. The molecule has 1 heterocycles. The van der Waals surface area contributed by atoms with Crippen molar-refractivity contribution in [3.63, 3.8) is 0 Å². The Morgan fingerprint density at radius 1 is 0.462 bits per heavy atom. The van der Waals surface area contributed by atoms with Crippen LogP contribution in [0.5, 0.6) is 0 Å². The van der Waals surface area contributed by atoms with Crippen molar-refractivity contribution in [2.24, 2.45) is 0 Å². The monoisotopic (exact) mass is 926 g/mol. The van der Waals surface area contributed by atoms with Crippen molar-refractivity contribution in [1.29, 1.82) is 0 Å². The van der Waals surface area contributed by atoms with E-state index in [1.807, 2.05) is 0 Å². The van der Waals surface area contributed by atoms with Crippen LogP contribution in [0.3, 0.4) is 0 Å². The van der Waals surface area contributed by atoms with Crippen LogP contribution in [-0.4, -0.2) is 87.5 Å². The molecule has 0 radical (unpaired) electrons. The Hall–Kier alpha value is -0.810. The van der Waals surface area contributed by atoms with Crippen molar-refractivity contribution in [3.8, 4) is 0 Å². The van der Waals surface area contributed by atoms with E-state index in [-0.39, 0.29) is 12.5 Å². The Morgan fingerprint density at radius 2 is 0.769 bits per heavy atom. The van der Waals surface area contributed by atoms with Gasteiger partial charge in [-0.25, -0.2) is 0 Å². The molecular weight excluding hydrogens is 815 g/mol. The number of aliphatic hydroxyl groups is 5. The SMILES string of the molecule is CCCCCCCCCCCCCCCCCCCCCCCCCCCCCCCCCCCC(=O)N[C@@H](CO[C@@H]1O[C@H](CO)[C@@H](O)C(O)C1O)[C@H](O)CCCCCCCCCCC. The number of aliphatic hydroxyl groups excluding tert-OH is 5. The van der Waals surface area contributed by atoms with Gasteiger partial charge in [-0.15, -0.1) is 0 Å². The van der Waals surface area contributed by atoms with Gasteiger partial charge < -0.3 is 40.3 Å². The molecule has 0 aromatic carbocycles. The quantitative estimate of drug-likeness (QED) is 0.0330. The molecule has 9 heteroatoms. The fourth-order valence-electron chi connectivity index (χ4n) is 9.64. The lowest BCUT2D eigenvalue weighted by molar-refractivity contribution is -0.302. The predicted molar refractivity (Wildman–Crippen MR) is 272 cm³/mol. The van der Waals surface area contributed by atoms with Crippen LogP contribution in [0.15, 0.2) is 0 Å². The molecule has 7 atom stereocenters. The highest BCUT2D eigenvalue weighted by Gasteiger charge is 2.44. The van der Waals surface area contributed by atoms with Gasteiger partial charge in [-0.1, -0.05) is 277 Å². The highest BCUT2D eigenvalue weighted by Crippen LogP contribution is 2.23. The molecule has 1 amide bonds. The summed E-state index contributed by atoms with van der Waals surface area (Å²) in [5, 5.41) is 54.3. The first-order valence-corrected chi connectivity index (χ1v) is 28.7. The molecule has 9 nitrogen and oxygen atoms in total. The number of nitrogens with one attached hydrogen (secondary N) is 1. The first-order chi connectivity index (χ1) is 31.8. The van der Waals surface area contributed by atoms with Gasteiger partial charge in [0, 0.05) is 6.42 Å². The van der Waals surface area contributed by atoms with Gasteiger partial charge in [0.15, 0.2) is 6.29 Å². The van der Waals surface area contributed by atoms with Crippen molar-refractivity contribution in [3.05, 3.63) is 0 Å². The molecule has 1 saturated heterocycles. The number of carbonyl (C=O) groups is 1. The summed E-state index contributed by atoms with van der Waals surface area (Å²) in [7, 11) is 0. The molecule has 0 aromatic heterocycles. The van der Waals surface area contributed by atoms with Gasteiger partial charge in [-0.3, -0.25) is 4.79 Å². The summed E-state index contributed by atoms with van der Waals surface area (Å²) in [6.07, 6.45) is 48.9. The standard InChI is InChI=1S/C56H111NO8/c1-3-5-7-9-11-13-14-15-16-17-18-19-20-21-22-23-24-25-26-27-28-29-30-31-32-33-34-35-36-38-40-42-44-46-52(60)57-49(50(59)45-43-41-39-37-12-10-8-6-4-2)48-64-56-55(63)54(62)53(61)51(47-58)65-56/h49-51,53-56,58-59,61-63H,3-48H2,1-2H3,(H,57,60)/t49-,50+,51+,53+,54?,55?,56+/m0/s1. The second-order valence-electron chi connectivity index (χ2n) is 20.5. The van der Waals surface area contributed by atoms with E-state index in [0.29, 0.717) is 12.8 Å². The molecule has 1 rings (SSSR count). The van der Waals surface area contributed by atoms with Crippen LogP contribution in [-0.2, 0) is 14.3 Å². The highest BCUT2D eigenvalue weighted by molar-refractivity contribution is 5.76. The summed E-state index contributed by atoms with van der Waals surface area (Å²) in [6.45, 7) is 3.84.